The van der Waals surface area contributed by atoms with Crippen molar-refractivity contribution in [3.05, 3.63) is 118 Å². The first kappa shape index (κ1) is 19.1. The first-order valence-corrected chi connectivity index (χ1v) is 9.35. The van der Waals surface area contributed by atoms with Crippen molar-refractivity contribution in [2.75, 3.05) is 0 Å². The van der Waals surface area contributed by atoms with Crippen LogP contribution >= 0.6 is 0 Å². The normalized spacial score (nSPS) is 11.7. The standard InChI is InChI=1S/C24H18N2O4/c27-21-15-12-16-6-4-5-9-20(16)22(21)23(17-10-13-19(14-11-17)26(29)30)25-24(28)18-7-2-1-3-8-18/h1-15,23,27H,(H,25,28). The molecule has 0 heterocycles. The quantitative estimate of drug-likeness (QED) is 0.367. The zero-order chi connectivity index (χ0) is 21.1. The van der Waals surface area contributed by atoms with Crippen molar-refractivity contribution < 1.29 is 14.8 Å². The van der Waals surface area contributed by atoms with Crippen molar-refractivity contribution in [3.63, 3.8) is 0 Å². The molecule has 0 aliphatic carbocycles. The lowest BCUT2D eigenvalue weighted by Crippen LogP contribution is -2.29. The topological polar surface area (TPSA) is 92.5 Å². The summed E-state index contributed by atoms with van der Waals surface area (Å²) in [6.07, 6.45) is 0. The molecule has 1 amide bonds. The van der Waals surface area contributed by atoms with Crippen LogP contribution in [0.3, 0.4) is 0 Å². The number of phenolic OH excluding ortho intramolecular Hbond substituents is 1. The highest BCUT2D eigenvalue weighted by molar-refractivity contribution is 5.96. The van der Waals surface area contributed by atoms with Crippen LogP contribution in [-0.4, -0.2) is 15.9 Å². The fraction of sp³-hybridized carbons (Fsp3) is 0.0417. The maximum absolute atomic E-state index is 12.9. The smallest absolute Gasteiger partial charge is 0.269 e. The first-order chi connectivity index (χ1) is 14.5. The molecule has 0 fully saturated rings. The molecule has 4 aromatic rings. The van der Waals surface area contributed by atoms with Gasteiger partial charge in [-0.1, -0.05) is 48.5 Å². The summed E-state index contributed by atoms with van der Waals surface area (Å²) in [6, 6.07) is 25.0. The third kappa shape index (κ3) is 3.71. The monoisotopic (exact) mass is 398 g/mol. The van der Waals surface area contributed by atoms with E-state index in [1.165, 1.54) is 12.1 Å². The highest BCUT2D eigenvalue weighted by atomic mass is 16.6. The number of non-ortho nitro benzene ring substituents is 1. The zero-order valence-electron chi connectivity index (χ0n) is 15.9. The second-order valence-electron chi connectivity index (χ2n) is 6.84. The van der Waals surface area contributed by atoms with Crippen LogP contribution in [0.4, 0.5) is 5.69 Å². The molecule has 2 N–H and O–H groups in total. The Labute approximate surface area is 172 Å². The van der Waals surface area contributed by atoms with Crippen molar-refractivity contribution in [1.29, 1.82) is 0 Å². The van der Waals surface area contributed by atoms with Gasteiger partial charge in [-0.2, -0.15) is 0 Å². The molecule has 0 radical (unpaired) electrons. The van der Waals surface area contributed by atoms with Crippen LogP contribution in [0.25, 0.3) is 10.8 Å². The van der Waals surface area contributed by atoms with Gasteiger partial charge in [-0.15, -0.1) is 0 Å². The molecule has 148 valence electrons. The molecule has 1 atom stereocenters. The van der Waals surface area contributed by atoms with Gasteiger partial charge in [-0.3, -0.25) is 14.9 Å². The van der Waals surface area contributed by atoms with Crippen LogP contribution in [0.2, 0.25) is 0 Å². The molecular weight excluding hydrogens is 380 g/mol. The van der Waals surface area contributed by atoms with Gasteiger partial charge in [0.1, 0.15) is 5.75 Å². The number of amides is 1. The Kier molecular flexibility index (Phi) is 5.13. The molecule has 30 heavy (non-hydrogen) atoms. The molecule has 0 saturated carbocycles. The number of nitro benzene ring substituents is 1. The number of carbonyl (C=O) groups excluding carboxylic acids is 1. The Balaban J connectivity index is 1.85. The maximum Gasteiger partial charge on any atom is 0.269 e. The highest BCUT2D eigenvalue weighted by Crippen LogP contribution is 2.36. The summed E-state index contributed by atoms with van der Waals surface area (Å²) in [5, 5.41) is 26.4. The van der Waals surface area contributed by atoms with E-state index >= 15 is 0 Å². The molecule has 0 spiro atoms. The summed E-state index contributed by atoms with van der Waals surface area (Å²) in [7, 11) is 0. The molecule has 4 rings (SSSR count). The first-order valence-electron chi connectivity index (χ1n) is 9.35. The third-order valence-corrected chi connectivity index (χ3v) is 4.99. The molecule has 0 bridgehead atoms. The molecule has 6 nitrogen and oxygen atoms in total. The Morgan fingerprint density at radius 3 is 2.23 bits per heavy atom. The van der Waals surface area contributed by atoms with Gasteiger partial charge in [0.15, 0.2) is 0 Å². The summed E-state index contributed by atoms with van der Waals surface area (Å²) in [5.41, 5.74) is 1.58. The molecule has 4 aromatic carbocycles. The molecule has 0 aliphatic rings. The van der Waals surface area contributed by atoms with Crippen molar-refractivity contribution in [2.24, 2.45) is 0 Å². The minimum Gasteiger partial charge on any atom is -0.508 e. The average Bonchev–Trinajstić information content (AvgIpc) is 2.78. The van der Waals surface area contributed by atoms with Crippen molar-refractivity contribution in [2.45, 2.75) is 6.04 Å². The van der Waals surface area contributed by atoms with Crippen molar-refractivity contribution >= 4 is 22.4 Å². The summed E-state index contributed by atoms with van der Waals surface area (Å²) < 4.78 is 0. The molecule has 0 aliphatic heterocycles. The van der Waals surface area contributed by atoms with Crippen LogP contribution in [0.15, 0.2) is 91.0 Å². The van der Waals surface area contributed by atoms with E-state index in [1.807, 2.05) is 30.3 Å². The number of benzene rings is 4. The Hall–Kier alpha value is -4.19. The zero-order valence-corrected chi connectivity index (χ0v) is 15.9. The SMILES string of the molecule is O=C(NC(c1ccc([N+](=O)[O-])cc1)c1c(O)ccc2ccccc12)c1ccccc1. The lowest BCUT2D eigenvalue weighted by Gasteiger charge is -2.22. The Bertz CT molecular complexity index is 1220. The number of hydrogen-bond donors (Lipinski definition) is 2. The fourth-order valence-corrected chi connectivity index (χ4v) is 3.50. The van der Waals surface area contributed by atoms with Gasteiger partial charge in [0.05, 0.1) is 11.0 Å². The van der Waals surface area contributed by atoms with Gasteiger partial charge < -0.3 is 10.4 Å². The minimum atomic E-state index is -0.704. The molecular formula is C24H18N2O4. The van der Waals surface area contributed by atoms with E-state index in [0.717, 1.165) is 10.8 Å². The van der Waals surface area contributed by atoms with E-state index < -0.39 is 11.0 Å². The molecule has 0 aromatic heterocycles. The number of nitrogens with zero attached hydrogens (tertiary/aromatic N) is 1. The van der Waals surface area contributed by atoms with Gasteiger partial charge >= 0.3 is 0 Å². The number of carbonyl (C=O) groups is 1. The van der Waals surface area contributed by atoms with E-state index in [-0.39, 0.29) is 17.3 Å². The number of nitrogens with one attached hydrogen (secondary N) is 1. The van der Waals surface area contributed by atoms with Crippen LogP contribution in [-0.2, 0) is 0 Å². The van der Waals surface area contributed by atoms with Gasteiger partial charge in [-0.05, 0) is 46.7 Å². The number of rotatable bonds is 5. The minimum absolute atomic E-state index is 0.0328. The fourth-order valence-electron chi connectivity index (χ4n) is 3.50. The second kappa shape index (κ2) is 8.05. The highest BCUT2D eigenvalue weighted by Gasteiger charge is 2.23. The maximum atomic E-state index is 12.9. The van der Waals surface area contributed by atoms with Gasteiger partial charge in [-0.25, -0.2) is 0 Å². The number of fused-ring (bicyclic) bond motifs is 1. The van der Waals surface area contributed by atoms with Gasteiger partial charge in [0.2, 0.25) is 0 Å². The lowest BCUT2D eigenvalue weighted by atomic mass is 9.92. The second-order valence-corrected chi connectivity index (χ2v) is 6.84. The van der Waals surface area contributed by atoms with Crippen LogP contribution in [0.1, 0.15) is 27.5 Å². The Morgan fingerprint density at radius 2 is 1.53 bits per heavy atom. The average molecular weight is 398 g/mol. The molecule has 6 heteroatoms. The summed E-state index contributed by atoms with van der Waals surface area (Å²) in [4.78, 5) is 23.5. The van der Waals surface area contributed by atoms with E-state index in [4.69, 9.17) is 0 Å². The molecule has 1 unspecified atom stereocenters. The van der Waals surface area contributed by atoms with Crippen LogP contribution in [0.5, 0.6) is 5.75 Å². The van der Waals surface area contributed by atoms with E-state index in [2.05, 4.69) is 5.32 Å². The summed E-state index contributed by atoms with van der Waals surface area (Å²) >= 11 is 0. The van der Waals surface area contributed by atoms with Crippen molar-refractivity contribution in [3.8, 4) is 5.75 Å². The van der Waals surface area contributed by atoms with Crippen LogP contribution in [0, 0.1) is 10.1 Å². The lowest BCUT2D eigenvalue weighted by molar-refractivity contribution is -0.384. The van der Waals surface area contributed by atoms with Crippen LogP contribution < -0.4 is 5.32 Å². The van der Waals surface area contributed by atoms with E-state index in [9.17, 15) is 20.0 Å². The van der Waals surface area contributed by atoms with Crippen molar-refractivity contribution in [1.82, 2.24) is 5.32 Å². The van der Waals surface area contributed by atoms with Gasteiger partial charge in [0, 0.05) is 23.3 Å². The summed E-state index contributed by atoms with van der Waals surface area (Å²) in [6.45, 7) is 0. The predicted octanol–water partition coefficient (Wildman–Crippen LogP) is 4.97. The number of phenols is 1. The number of aromatic hydroxyl groups is 1. The molecule has 0 saturated heterocycles. The number of nitro groups is 1. The van der Waals surface area contributed by atoms with E-state index in [0.29, 0.717) is 16.7 Å². The Morgan fingerprint density at radius 1 is 0.867 bits per heavy atom. The summed E-state index contributed by atoms with van der Waals surface area (Å²) in [5.74, 6) is -0.281. The largest absolute Gasteiger partial charge is 0.508 e. The third-order valence-electron chi connectivity index (χ3n) is 4.99. The number of hydrogen-bond acceptors (Lipinski definition) is 4. The van der Waals surface area contributed by atoms with E-state index in [1.54, 1.807) is 48.5 Å². The predicted molar refractivity (Wildman–Crippen MR) is 114 cm³/mol. The van der Waals surface area contributed by atoms with Gasteiger partial charge in [0.25, 0.3) is 11.6 Å².